The number of hydrogen-bond acceptors (Lipinski definition) is 6. The summed E-state index contributed by atoms with van der Waals surface area (Å²) in [5.41, 5.74) is 6.78. The fourth-order valence-electron chi connectivity index (χ4n) is 4.17. The minimum atomic E-state index is -3.30. The van der Waals surface area contributed by atoms with E-state index in [0.29, 0.717) is 11.7 Å². The SMILES string of the molecule is CC(C)c1cc(-c2cccc(/C=C(/c3ccc(S(C)(=O)=O)cc3)c3nn[nH]n3)c2)c2ncccc2c1. The smallest absolute Gasteiger partial charge is 0.205 e. The number of aromatic nitrogens is 5. The van der Waals surface area contributed by atoms with Crippen molar-refractivity contribution in [1.29, 1.82) is 0 Å². The van der Waals surface area contributed by atoms with Gasteiger partial charge in [0.05, 0.1) is 10.4 Å². The van der Waals surface area contributed by atoms with E-state index < -0.39 is 9.84 Å². The zero-order valence-electron chi connectivity index (χ0n) is 20.2. The summed E-state index contributed by atoms with van der Waals surface area (Å²) in [5, 5.41) is 15.7. The molecule has 0 atom stereocenters. The Morgan fingerprint density at radius 2 is 1.78 bits per heavy atom. The Morgan fingerprint density at radius 1 is 0.972 bits per heavy atom. The molecule has 0 aliphatic heterocycles. The highest BCUT2D eigenvalue weighted by Crippen LogP contribution is 2.33. The van der Waals surface area contributed by atoms with Crippen molar-refractivity contribution in [2.24, 2.45) is 0 Å². The van der Waals surface area contributed by atoms with Crippen molar-refractivity contribution in [2.75, 3.05) is 6.26 Å². The standard InChI is InChI=1S/C28H25N5O2S/c1-18(2)23-16-22-8-5-13-29-27(22)25(17-23)21-7-4-6-19(14-21)15-26(28-30-32-33-31-28)20-9-11-24(12-10-20)36(3,34)35/h4-18H,1-3H3,(H,30,31,32,33)/b26-15-. The van der Waals surface area contributed by atoms with Gasteiger partial charge in [-0.3, -0.25) is 4.98 Å². The Morgan fingerprint density at radius 3 is 2.47 bits per heavy atom. The maximum absolute atomic E-state index is 11.9. The molecule has 5 rings (SSSR count). The first-order chi connectivity index (χ1) is 17.3. The summed E-state index contributed by atoms with van der Waals surface area (Å²) in [6.07, 6.45) is 4.99. The Labute approximate surface area is 209 Å². The molecule has 0 spiro atoms. The quantitative estimate of drug-likeness (QED) is 0.311. The second kappa shape index (κ2) is 9.47. The van der Waals surface area contributed by atoms with Crippen LogP contribution in [0.2, 0.25) is 0 Å². The summed E-state index contributed by atoms with van der Waals surface area (Å²) < 4.78 is 23.8. The predicted molar refractivity (Wildman–Crippen MR) is 142 cm³/mol. The first-order valence-electron chi connectivity index (χ1n) is 11.5. The van der Waals surface area contributed by atoms with E-state index in [4.69, 9.17) is 0 Å². The molecule has 180 valence electrons. The number of fused-ring (bicyclic) bond motifs is 1. The molecular weight excluding hydrogens is 470 g/mol. The topological polar surface area (TPSA) is 101 Å². The molecule has 8 heteroatoms. The molecule has 2 heterocycles. The van der Waals surface area contributed by atoms with Gasteiger partial charge in [0.1, 0.15) is 0 Å². The van der Waals surface area contributed by atoms with E-state index in [0.717, 1.165) is 38.7 Å². The third kappa shape index (κ3) is 4.81. The van der Waals surface area contributed by atoms with Crippen LogP contribution in [0.5, 0.6) is 0 Å². The number of benzene rings is 3. The Kier molecular flexibility index (Phi) is 6.20. The number of hydrogen-bond donors (Lipinski definition) is 1. The lowest BCUT2D eigenvalue weighted by molar-refractivity contribution is 0.602. The molecule has 0 radical (unpaired) electrons. The van der Waals surface area contributed by atoms with Gasteiger partial charge in [-0.1, -0.05) is 50.2 Å². The van der Waals surface area contributed by atoms with Crippen molar-refractivity contribution in [1.82, 2.24) is 25.6 Å². The third-order valence-electron chi connectivity index (χ3n) is 6.08. The molecule has 5 aromatic rings. The lowest BCUT2D eigenvalue weighted by atomic mass is 9.93. The van der Waals surface area contributed by atoms with Crippen LogP contribution in [0, 0.1) is 0 Å². The number of nitrogens with one attached hydrogen (secondary N) is 1. The molecule has 3 aromatic carbocycles. The molecule has 0 bridgehead atoms. The van der Waals surface area contributed by atoms with Gasteiger partial charge in [0.2, 0.25) is 5.82 Å². The van der Waals surface area contributed by atoms with Gasteiger partial charge >= 0.3 is 0 Å². The van der Waals surface area contributed by atoms with Crippen LogP contribution in [0.1, 0.15) is 42.3 Å². The van der Waals surface area contributed by atoms with Gasteiger partial charge in [0.15, 0.2) is 9.84 Å². The zero-order valence-corrected chi connectivity index (χ0v) is 21.0. The van der Waals surface area contributed by atoms with E-state index in [1.54, 1.807) is 24.3 Å². The fraction of sp³-hybridized carbons (Fsp3) is 0.143. The maximum atomic E-state index is 11.9. The van der Waals surface area contributed by atoms with E-state index >= 15 is 0 Å². The van der Waals surface area contributed by atoms with Crippen LogP contribution in [0.4, 0.5) is 0 Å². The molecule has 0 aliphatic rings. The van der Waals surface area contributed by atoms with E-state index in [1.165, 1.54) is 11.8 Å². The Balaban J connectivity index is 1.63. The number of pyridine rings is 1. The molecule has 2 aromatic heterocycles. The van der Waals surface area contributed by atoms with Crippen LogP contribution in [0.25, 0.3) is 33.7 Å². The highest BCUT2D eigenvalue weighted by molar-refractivity contribution is 7.90. The van der Waals surface area contributed by atoms with Crippen molar-refractivity contribution in [3.63, 3.8) is 0 Å². The van der Waals surface area contributed by atoms with E-state index in [1.807, 2.05) is 30.5 Å². The van der Waals surface area contributed by atoms with Gasteiger partial charge in [-0.25, -0.2) is 8.42 Å². The summed E-state index contributed by atoms with van der Waals surface area (Å²) in [4.78, 5) is 4.92. The number of nitrogens with zero attached hydrogens (tertiary/aromatic N) is 4. The van der Waals surface area contributed by atoms with Crippen LogP contribution in [0.15, 0.2) is 83.9 Å². The molecule has 0 saturated heterocycles. The van der Waals surface area contributed by atoms with E-state index in [2.05, 4.69) is 69.8 Å². The van der Waals surface area contributed by atoms with Gasteiger partial charge in [-0.2, -0.15) is 5.21 Å². The molecule has 36 heavy (non-hydrogen) atoms. The highest BCUT2D eigenvalue weighted by atomic mass is 32.2. The highest BCUT2D eigenvalue weighted by Gasteiger charge is 2.14. The minimum absolute atomic E-state index is 0.255. The first-order valence-corrected chi connectivity index (χ1v) is 13.4. The van der Waals surface area contributed by atoms with Gasteiger partial charge in [0.25, 0.3) is 0 Å². The minimum Gasteiger partial charge on any atom is -0.256 e. The summed E-state index contributed by atoms with van der Waals surface area (Å²) in [5.74, 6) is 0.803. The van der Waals surface area contributed by atoms with Gasteiger partial charge in [0, 0.05) is 29.0 Å². The van der Waals surface area contributed by atoms with Crippen molar-refractivity contribution in [3.8, 4) is 11.1 Å². The molecule has 0 fully saturated rings. The van der Waals surface area contributed by atoms with E-state index in [-0.39, 0.29) is 4.90 Å². The normalized spacial score (nSPS) is 12.4. The van der Waals surface area contributed by atoms with Crippen LogP contribution in [0.3, 0.4) is 0 Å². The van der Waals surface area contributed by atoms with Crippen LogP contribution in [-0.2, 0) is 9.84 Å². The molecule has 0 unspecified atom stereocenters. The van der Waals surface area contributed by atoms with Crippen molar-refractivity contribution in [2.45, 2.75) is 24.7 Å². The van der Waals surface area contributed by atoms with Gasteiger partial charge in [-0.15, -0.1) is 10.2 Å². The molecule has 7 nitrogen and oxygen atoms in total. The maximum Gasteiger partial charge on any atom is 0.205 e. The monoisotopic (exact) mass is 495 g/mol. The number of rotatable bonds is 6. The van der Waals surface area contributed by atoms with Crippen molar-refractivity contribution in [3.05, 3.63) is 102 Å². The summed E-state index contributed by atoms with van der Waals surface area (Å²) >= 11 is 0. The average molecular weight is 496 g/mol. The lowest BCUT2D eigenvalue weighted by Crippen LogP contribution is -1.98. The fourth-order valence-corrected chi connectivity index (χ4v) is 4.80. The zero-order chi connectivity index (χ0) is 25.3. The van der Waals surface area contributed by atoms with Crippen LogP contribution in [-0.4, -0.2) is 40.3 Å². The number of tetrazole rings is 1. The first kappa shape index (κ1) is 23.6. The third-order valence-corrected chi connectivity index (χ3v) is 7.21. The second-order valence-electron chi connectivity index (χ2n) is 9.01. The van der Waals surface area contributed by atoms with Crippen molar-refractivity contribution < 1.29 is 8.42 Å². The van der Waals surface area contributed by atoms with Crippen molar-refractivity contribution >= 4 is 32.4 Å². The number of H-pyrrole nitrogens is 1. The van der Waals surface area contributed by atoms with Gasteiger partial charge < -0.3 is 0 Å². The summed E-state index contributed by atoms with van der Waals surface area (Å²) in [6.45, 7) is 4.37. The van der Waals surface area contributed by atoms with Crippen LogP contribution >= 0.6 is 0 Å². The predicted octanol–water partition coefficient (Wildman–Crippen LogP) is 5.53. The summed E-state index contributed by atoms with van der Waals surface area (Å²) in [6, 6.07) is 23.4. The number of sulfone groups is 1. The molecule has 1 N–H and O–H groups in total. The van der Waals surface area contributed by atoms with Gasteiger partial charge in [-0.05, 0) is 75.9 Å². The number of aromatic amines is 1. The summed E-state index contributed by atoms with van der Waals surface area (Å²) in [7, 11) is -3.30. The molecular formula is C28H25N5O2S. The van der Waals surface area contributed by atoms with E-state index in [9.17, 15) is 8.42 Å². The molecule has 0 amide bonds. The molecule has 0 saturated carbocycles. The lowest BCUT2D eigenvalue weighted by Gasteiger charge is -2.13. The van der Waals surface area contributed by atoms with Crippen LogP contribution < -0.4 is 0 Å². The largest absolute Gasteiger partial charge is 0.256 e. The second-order valence-corrected chi connectivity index (χ2v) is 11.0. The molecule has 0 aliphatic carbocycles. The Bertz CT molecular complexity index is 1670. The Hall–Kier alpha value is -4.17. The average Bonchev–Trinajstić information content (AvgIpc) is 3.41.